The molecule has 0 saturated heterocycles. The minimum absolute atomic E-state index is 0.134. The number of hydrogen-bond donors (Lipinski definition) is 2. The molecule has 0 unspecified atom stereocenters. The van der Waals surface area contributed by atoms with E-state index in [1.165, 1.54) is 0 Å². The Balaban J connectivity index is 1.99. The van der Waals surface area contributed by atoms with Gasteiger partial charge in [-0.3, -0.25) is 9.59 Å². The highest BCUT2D eigenvalue weighted by atomic mass is 16.4. The average molecular weight is 330 g/mol. The molecule has 130 valence electrons. The van der Waals surface area contributed by atoms with Gasteiger partial charge >= 0.3 is 5.97 Å². The van der Waals surface area contributed by atoms with Crippen molar-refractivity contribution in [2.75, 3.05) is 6.54 Å². The number of carboxylic acid groups (broad SMARTS) is 1. The van der Waals surface area contributed by atoms with Gasteiger partial charge in [-0.15, -0.1) is 0 Å². The summed E-state index contributed by atoms with van der Waals surface area (Å²) in [4.78, 5) is 22.3. The van der Waals surface area contributed by atoms with Crippen molar-refractivity contribution in [1.82, 2.24) is 5.32 Å². The molecule has 0 aliphatic carbocycles. The molecule has 0 atom stereocenters. The fourth-order valence-electron chi connectivity index (χ4n) is 2.50. The zero-order valence-electron chi connectivity index (χ0n) is 14.1. The molecule has 0 spiro atoms. The molecule has 0 saturated carbocycles. The van der Waals surface area contributed by atoms with Crippen molar-refractivity contribution in [2.24, 2.45) is 0 Å². The molecular weight excluding hydrogens is 304 g/mol. The monoisotopic (exact) mass is 330 g/mol. The van der Waals surface area contributed by atoms with Crippen molar-refractivity contribution < 1.29 is 14.7 Å². The highest BCUT2D eigenvalue weighted by molar-refractivity contribution is 5.94. The van der Waals surface area contributed by atoms with Gasteiger partial charge in [0.15, 0.2) is 0 Å². The van der Waals surface area contributed by atoms with Crippen molar-refractivity contribution in [1.29, 1.82) is 5.26 Å². The number of nitrogens with one attached hydrogen (secondary N) is 1. The molecule has 1 rings (SSSR count). The van der Waals surface area contributed by atoms with Crippen LogP contribution in [0.1, 0.15) is 73.7 Å². The van der Waals surface area contributed by atoms with Crippen molar-refractivity contribution in [3.05, 3.63) is 35.4 Å². The van der Waals surface area contributed by atoms with Crippen molar-refractivity contribution >= 4 is 11.9 Å². The fraction of sp³-hybridized carbons (Fsp3) is 0.526. The number of aliphatic carboxylic acids is 1. The van der Waals surface area contributed by atoms with E-state index in [-0.39, 0.29) is 12.3 Å². The third kappa shape index (κ3) is 8.94. The summed E-state index contributed by atoms with van der Waals surface area (Å²) < 4.78 is 0. The Morgan fingerprint density at radius 2 is 1.62 bits per heavy atom. The van der Waals surface area contributed by atoms with E-state index in [2.05, 4.69) is 5.32 Å². The summed E-state index contributed by atoms with van der Waals surface area (Å²) in [5, 5.41) is 20.2. The van der Waals surface area contributed by atoms with Crippen LogP contribution in [0.3, 0.4) is 0 Å². The van der Waals surface area contributed by atoms with E-state index >= 15 is 0 Å². The fourth-order valence-corrected chi connectivity index (χ4v) is 2.50. The largest absolute Gasteiger partial charge is 0.481 e. The Morgan fingerprint density at radius 1 is 1.00 bits per heavy atom. The molecule has 24 heavy (non-hydrogen) atoms. The van der Waals surface area contributed by atoms with Gasteiger partial charge in [-0.05, 0) is 31.0 Å². The van der Waals surface area contributed by atoms with Crippen molar-refractivity contribution in [3.8, 4) is 6.07 Å². The number of hydrogen-bond acceptors (Lipinski definition) is 3. The molecule has 0 heterocycles. The van der Waals surface area contributed by atoms with Gasteiger partial charge in [0.2, 0.25) is 0 Å². The van der Waals surface area contributed by atoms with Gasteiger partial charge in [-0.2, -0.15) is 5.26 Å². The maximum absolute atomic E-state index is 11.9. The molecule has 0 bridgehead atoms. The quantitative estimate of drug-likeness (QED) is 0.569. The Hall–Kier alpha value is -2.35. The van der Waals surface area contributed by atoms with Gasteiger partial charge in [-0.1, -0.05) is 44.6 Å². The molecule has 0 radical (unpaired) electrons. The number of unbranched alkanes of at least 4 members (excludes halogenated alkanes) is 7. The highest BCUT2D eigenvalue weighted by Gasteiger charge is 2.05. The van der Waals surface area contributed by atoms with Crippen LogP contribution < -0.4 is 5.32 Å². The molecule has 5 heteroatoms. The first-order valence-electron chi connectivity index (χ1n) is 8.63. The Kier molecular flexibility index (Phi) is 9.95. The number of rotatable bonds is 12. The minimum Gasteiger partial charge on any atom is -0.481 e. The third-order valence-corrected chi connectivity index (χ3v) is 3.86. The van der Waals surface area contributed by atoms with Crippen LogP contribution in [0, 0.1) is 11.3 Å². The van der Waals surface area contributed by atoms with Gasteiger partial charge in [0.05, 0.1) is 11.6 Å². The first kappa shape index (κ1) is 19.7. The predicted octanol–water partition coefficient (Wildman–Crippen LogP) is 3.88. The number of carbonyl (C=O) groups is 2. The number of benzene rings is 1. The van der Waals surface area contributed by atoms with E-state index in [1.54, 1.807) is 24.3 Å². The minimum atomic E-state index is -0.712. The van der Waals surface area contributed by atoms with Crippen molar-refractivity contribution in [3.63, 3.8) is 0 Å². The van der Waals surface area contributed by atoms with Crippen LogP contribution in [0.25, 0.3) is 0 Å². The van der Waals surface area contributed by atoms with Crippen LogP contribution in [0.15, 0.2) is 24.3 Å². The maximum Gasteiger partial charge on any atom is 0.303 e. The summed E-state index contributed by atoms with van der Waals surface area (Å²) in [5.74, 6) is -0.845. The van der Waals surface area contributed by atoms with Gasteiger partial charge in [0.25, 0.3) is 5.91 Å². The predicted molar refractivity (Wildman–Crippen MR) is 92.7 cm³/mol. The topological polar surface area (TPSA) is 90.2 Å². The lowest BCUT2D eigenvalue weighted by Crippen LogP contribution is -2.24. The van der Waals surface area contributed by atoms with E-state index in [0.717, 1.165) is 51.4 Å². The van der Waals surface area contributed by atoms with E-state index < -0.39 is 5.97 Å². The molecule has 0 aliphatic heterocycles. The summed E-state index contributed by atoms with van der Waals surface area (Å²) in [6.07, 6.45) is 8.60. The van der Waals surface area contributed by atoms with E-state index in [9.17, 15) is 9.59 Å². The molecule has 1 aromatic rings. The maximum atomic E-state index is 11.9. The van der Waals surface area contributed by atoms with Crippen LogP contribution in [-0.4, -0.2) is 23.5 Å². The second-order valence-electron chi connectivity index (χ2n) is 5.92. The summed E-state index contributed by atoms with van der Waals surface area (Å²) in [6, 6.07) is 8.72. The standard InChI is InChI=1S/C19H26N2O3/c20-15-16-10-9-11-17(14-16)19(24)21-13-8-6-4-2-1-3-5-7-12-18(22)23/h9-11,14H,1-8,12-13H2,(H,21,24)(H,22,23). The third-order valence-electron chi connectivity index (χ3n) is 3.86. The molecule has 1 amide bonds. The van der Waals surface area contributed by atoms with Crippen molar-refractivity contribution in [2.45, 2.75) is 57.8 Å². The molecule has 0 aromatic heterocycles. The lowest BCUT2D eigenvalue weighted by molar-refractivity contribution is -0.137. The summed E-state index contributed by atoms with van der Waals surface area (Å²) in [7, 11) is 0. The highest BCUT2D eigenvalue weighted by Crippen LogP contribution is 2.09. The summed E-state index contributed by atoms with van der Waals surface area (Å²) in [6.45, 7) is 0.647. The van der Waals surface area contributed by atoms with Gasteiger partial charge < -0.3 is 10.4 Å². The van der Waals surface area contributed by atoms with Crippen LogP contribution in [0.4, 0.5) is 0 Å². The summed E-state index contributed by atoms with van der Waals surface area (Å²) in [5.41, 5.74) is 1.02. The first-order valence-corrected chi connectivity index (χ1v) is 8.63. The number of carboxylic acids is 1. The van der Waals surface area contributed by atoms with Crippen LogP contribution >= 0.6 is 0 Å². The number of nitrogens with zero attached hydrogens (tertiary/aromatic N) is 1. The van der Waals surface area contributed by atoms with E-state index in [4.69, 9.17) is 10.4 Å². The average Bonchev–Trinajstić information content (AvgIpc) is 2.59. The zero-order chi connectivity index (χ0) is 17.6. The van der Waals surface area contributed by atoms with E-state index in [0.29, 0.717) is 17.7 Å². The zero-order valence-corrected chi connectivity index (χ0v) is 14.1. The molecule has 1 aromatic carbocycles. The lowest BCUT2D eigenvalue weighted by atomic mass is 10.1. The number of amides is 1. The smallest absolute Gasteiger partial charge is 0.303 e. The molecule has 0 aliphatic rings. The van der Waals surface area contributed by atoms with Gasteiger partial charge in [0, 0.05) is 18.5 Å². The van der Waals surface area contributed by atoms with Crippen LogP contribution in [0.5, 0.6) is 0 Å². The summed E-state index contributed by atoms with van der Waals surface area (Å²) >= 11 is 0. The second-order valence-corrected chi connectivity index (χ2v) is 5.92. The van der Waals surface area contributed by atoms with Gasteiger partial charge in [0.1, 0.15) is 0 Å². The number of carbonyl (C=O) groups excluding carboxylic acids is 1. The molecule has 5 nitrogen and oxygen atoms in total. The first-order chi connectivity index (χ1) is 11.6. The second kappa shape index (κ2) is 12.1. The molecule has 0 fully saturated rings. The van der Waals surface area contributed by atoms with Crippen LogP contribution in [0.2, 0.25) is 0 Å². The van der Waals surface area contributed by atoms with Gasteiger partial charge in [-0.25, -0.2) is 0 Å². The normalized spacial score (nSPS) is 10.1. The van der Waals surface area contributed by atoms with E-state index in [1.807, 2.05) is 6.07 Å². The Morgan fingerprint density at radius 3 is 2.25 bits per heavy atom. The Labute approximate surface area is 143 Å². The lowest BCUT2D eigenvalue weighted by Gasteiger charge is -2.05. The molecule has 2 N–H and O–H groups in total. The SMILES string of the molecule is N#Cc1cccc(C(=O)NCCCCCCCCCCC(=O)O)c1. The Bertz CT molecular complexity index is 564. The number of nitriles is 1. The molecular formula is C19H26N2O3. The van der Waals surface area contributed by atoms with Crippen LogP contribution in [-0.2, 0) is 4.79 Å².